The summed E-state index contributed by atoms with van der Waals surface area (Å²) < 4.78 is 5.04. The average Bonchev–Trinajstić information content (AvgIpc) is 2.58. The maximum Gasteiger partial charge on any atom is 0.251 e. The molecule has 7 heteroatoms. The van der Waals surface area contributed by atoms with E-state index in [1.54, 1.807) is 31.4 Å². The van der Waals surface area contributed by atoms with Crippen molar-refractivity contribution in [2.24, 2.45) is 5.92 Å². The molecule has 1 atom stereocenters. The first kappa shape index (κ1) is 17.8. The second-order valence-electron chi connectivity index (χ2n) is 5.98. The smallest absolute Gasteiger partial charge is 0.251 e. The van der Waals surface area contributed by atoms with E-state index in [1.807, 2.05) is 13.8 Å². The number of hydrogen-bond acceptors (Lipinski definition) is 4. The zero-order valence-corrected chi connectivity index (χ0v) is 14.2. The zero-order valence-electron chi connectivity index (χ0n) is 14.2. The molecule has 2 rings (SSSR count). The number of nitrogens with one attached hydrogen (secondary N) is 2. The fourth-order valence-corrected chi connectivity index (χ4v) is 2.73. The van der Waals surface area contributed by atoms with Crippen LogP contribution in [0.25, 0.3) is 0 Å². The molecule has 2 N–H and O–H groups in total. The van der Waals surface area contributed by atoms with E-state index in [2.05, 4.69) is 10.6 Å². The average molecular weight is 333 g/mol. The maximum absolute atomic E-state index is 12.4. The van der Waals surface area contributed by atoms with Crippen molar-refractivity contribution in [3.63, 3.8) is 0 Å². The highest BCUT2D eigenvalue weighted by atomic mass is 16.5. The molecule has 7 nitrogen and oxygen atoms in total. The lowest BCUT2D eigenvalue weighted by Gasteiger charge is -2.37. The number of nitrogens with zero attached hydrogens (tertiary/aromatic N) is 1. The summed E-state index contributed by atoms with van der Waals surface area (Å²) in [5, 5.41) is 5.37. The summed E-state index contributed by atoms with van der Waals surface area (Å²) in [6, 6.07) is 6.12. The summed E-state index contributed by atoms with van der Waals surface area (Å²) >= 11 is 0. The van der Waals surface area contributed by atoms with Crippen LogP contribution >= 0.6 is 0 Å². The molecule has 1 aromatic carbocycles. The third kappa shape index (κ3) is 4.04. The molecular formula is C17H23N3O4. The lowest BCUT2D eigenvalue weighted by Crippen LogP contribution is -2.60. The van der Waals surface area contributed by atoms with Gasteiger partial charge in [0.1, 0.15) is 11.8 Å². The SMILES string of the molecule is COc1ccc(C(=O)NCC(=O)N2CCNC(=O)[C@H]2C(C)C)cc1. The van der Waals surface area contributed by atoms with Gasteiger partial charge in [0.2, 0.25) is 11.8 Å². The number of ether oxygens (including phenoxy) is 1. The second kappa shape index (κ2) is 7.81. The number of carbonyl (C=O) groups is 3. The van der Waals surface area contributed by atoms with E-state index in [0.717, 1.165) is 0 Å². The van der Waals surface area contributed by atoms with Crippen molar-refractivity contribution in [3.05, 3.63) is 29.8 Å². The Kier molecular flexibility index (Phi) is 5.78. The highest BCUT2D eigenvalue weighted by Crippen LogP contribution is 2.14. The van der Waals surface area contributed by atoms with Gasteiger partial charge in [-0.15, -0.1) is 0 Å². The van der Waals surface area contributed by atoms with Crippen molar-refractivity contribution in [2.45, 2.75) is 19.9 Å². The molecule has 3 amide bonds. The van der Waals surface area contributed by atoms with Gasteiger partial charge in [-0.05, 0) is 30.2 Å². The molecule has 130 valence electrons. The molecule has 0 aliphatic carbocycles. The Bertz CT molecular complexity index is 613. The molecule has 1 heterocycles. The lowest BCUT2D eigenvalue weighted by molar-refractivity contribution is -0.144. The summed E-state index contributed by atoms with van der Waals surface area (Å²) in [5.74, 6) is -0.0849. The van der Waals surface area contributed by atoms with Crippen molar-refractivity contribution < 1.29 is 19.1 Å². The molecule has 0 bridgehead atoms. The van der Waals surface area contributed by atoms with Crippen LogP contribution in [0, 0.1) is 5.92 Å². The van der Waals surface area contributed by atoms with Crippen LogP contribution in [-0.4, -0.2) is 55.4 Å². The number of carbonyl (C=O) groups excluding carboxylic acids is 3. The van der Waals surface area contributed by atoms with E-state index < -0.39 is 6.04 Å². The van der Waals surface area contributed by atoms with E-state index in [1.165, 1.54) is 4.90 Å². The maximum atomic E-state index is 12.4. The van der Waals surface area contributed by atoms with Crippen LogP contribution in [0.2, 0.25) is 0 Å². The van der Waals surface area contributed by atoms with Crippen LogP contribution in [0.3, 0.4) is 0 Å². The first-order valence-electron chi connectivity index (χ1n) is 7.93. The van der Waals surface area contributed by atoms with E-state index >= 15 is 0 Å². The van der Waals surface area contributed by atoms with Crippen LogP contribution in [0.5, 0.6) is 5.75 Å². The van der Waals surface area contributed by atoms with Crippen LogP contribution < -0.4 is 15.4 Å². The van der Waals surface area contributed by atoms with Gasteiger partial charge in [-0.3, -0.25) is 14.4 Å². The van der Waals surface area contributed by atoms with Gasteiger partial charge in [-0.25, -0.2) is 0 Å². The third-order valence-electron chi connectivity index (χ3n) is 3.96. The molecule has 0 spiro atoms. The molecule has 24 heavy (non-hydrogen) atoms. The fourth-order valence-electron chi connectivity index (χ4n) is 2.73. The van der Waals surface area contributed by atoms with Crippen molar-refractivity contribution in [3.8, 4) is 5.75 Å². The predicted octanol–water partition coefficient (Wildman–Crippen LogP) is 0.408. The molecule has 1 aliphatic rings. The lowest BCUT2D eigenvalue weighted by atomic mass is 9.99. The normalized spacial score (nSPS) is 17.4. The Balaban J connectivity index is 1.95. The Morgan fingerprint density at radius 1 is 1.33 bits per heavy atom. The molecule has 0 unspecified atom stereocenters. The van der Waals surface area contributed by atoms with E-state index in [4.69, 9.17) is 4.74 Å². The minimum Gasteiger partial charge on any atom is -0.497 e. The fraction of sp³-hybridized carbons (Fsp3) is 0.471. The minimum atomic E-state index is -0.496. The summed E-state index contributed by atoms with van der Waals surface area (Å²) in [7, 11) is 1.55. The van der Waals surface area contributed by atoms with Gasteiger partial charge in [0.05, 0.1) is 13.7 Å². The van der Waals surface area contributed by atoms with Gasteiger partial charge in [0.25, 0.3) is 5.91 Å². The van der Waals surface area contributed by atoms with Gasteiger partial charge in [-0.2, -0.15) is 0 Å². The molecule has 1 saturated heterocycles. The monoisotopic (exact) mass is 333 g/mol. The molecule has 1 aromatic rings. The topological polar surface area (TPSA) is 87.7 Å². The van der Waals surface area contributed by atoms with Gasteiger partial charge in [0.15, 0.2) is 0 Å². The largest absolute Gasteiger partial charge is 0.497 e. The van der Waals surface area contributed by atoms with Crippen molar-refractivity contribution >= 4 is 17.7 Å². The van der Waals surface area contributed by atoms with Crippen molar-refractivity contribution in [1.82, 2.24) is 15.5 Å². The minimum absolute atomic E-state index is 0.00606. The second-order valence-corrected chi connectivity index (χ2v) is 5.98. The molecule has 0 saturated carbocycles. The Morgan fingerprint density at radius 3 is 2.58 bits per heavy atom. The summed E-state index contributed by atoms with van der Waals surface area (Å²) in [6.07, 6.45) is 0. The van der Waals surface area contributed by atoms with Gasteiger partial charge in [0, 0.05) is 18.7 Å². The Morgan fingerprint density at radius 2 is 2.00 bits per heavy atom. The van der Waals surface area contributed by atoms with E-state index in [9.17, 15) is 14.4 Å². The summed E-state index contributed by atoms with van der Waals surface area (Å²) in [4.78, 5) is 38.0. The first-order chi connectivity index (χ1) is 11.4. The molecule has 1 fully saturated rings. The number of amides is 3. The van der Waals surface area contributed by atoms with Crippen LogP contribution in [-0.2, 0) is 9.59 Å². The number of benzene rings is 1. The number of piperazine rings is 1. The van der Waals surface area contributed by atoms with Gasteiger partial charge >= 0.3 is 0 Å². The van der Waals surface area contributed by atoms with E-state index in [-0.39, 0.29) is 30.2 Å². The quantitative estimate of drug-likeness (QED) is 0.817. The molecule has 1 aliphatic heterocycles. The highest BCUT2D eigenvalue weighted by Gasteiger charge is 2.34. The molecular weight excluding hydrogens is 310 g/mol. The number of methoxy groups -OCH3 is 1. The summed E-state index contributed by atoms with van der Waals surface area (Å²) in [6.45, 7) is 4.53. The summed E-state index contributed by atoms with van der Waals surface area (Å²) in [5.41, 5.74) is 0.445. The van der Waals surface area contributed by atoms with E-state index in [0.29, 0.717) is 24.4 Å². The zero-order chi connectivity index (χ0) is 17.7. The predicted molar refractivity (Wildman–Crippen MR) is 88.7 cm³/mol. The van der Waals surface area contributed by atoms with Crippen molar-refractivity contribution in [1.29, 1.82) is 0 Å². The highest BCUT2D eigenvalue weighted by molar-refractivity contribution is 5.97. The van der Waals surface area contributed by atoms with Crippen LogP contribution in [0.1, 0.15) is 24.2 Å². The third-order valence-corrected chi connectivity index (χ3v) is 3.96. The standard InChI is InChI=1S/C17H23N3O4/c1-11(2)15-17(23)18-8-9-20(15)14(21)10-19-16(22)12-4-6-13(24-3)7-5-12/h4-7,11,15H,8-10H2,1-3H3,(H,18,23)(H,19,22)/t15-/m1/s1. The Hall–Kier alpha value is -2.57. The molecule has 0 aromatic heterocycles. The van der Waals surface area contributed by atoms with Crippen LogP contribution in [0.15, 0.2) is 24.3 Å². The van der Waals surface area contributed by atoms with Crippen LogP contribution in [0.4, 0.5) is 0 Å². The number of rotatable bonds is 5. The number of hydrogen-bond donors (Lipinski definition) is 2. The van der Waals surface area contributed by atoms with Gasteiger partial charge < -0.3 is 20.3 Å². The molecule has 0 radical (unpaired) electrons. The Labute approximate surface area is 141 Å². The first-order valence-corrected chi connectivity index (χ1v) is 7.93. The van der Waals surface area contributed by atoms with Gasteiger partial charge in [-0.1, -0.05) is 13.8 Å². The van der Waals surface area contributed by atoms with Crippen molar-refractivity contribution in [2.75, 3.05) is 26.7 Å².